The minimum absolute atomic E-state index is 0.158. The molecule has 1 heterocycles. The standard InChI is InChI=1S/C19H19NO4/c1-13-16(18(21)24-17(13)15-10-6-3-7-11-15)20-19(22)23-12-14-8-4-2-5-9-14/h2-11,13,16-17H,12H2,1H3,(H,20,22)/t13-,16+,17+/m1/s1. The van der Waals surface area contributed by atoms with Gasteiger partial charge < -0.3 is 14.8 Å². The lowest BCUT2D eigenvalue weighted by Crippen LogP contribution is -2.41. The Bertz CT molecular complexity index is 702. The molecule has 0 unspecified atom stereocenters. The van der Waals surface area contributed by atoms with Crippen molar-refractivity contribution in [2.75, 3.05) is 0 Å². The molecule has 3 rings (SSSR count). The van der Waals surface area contributed by atoms with E-state index in [1.807, 2.05) is 67.6 Å². The normalized spacial score (nSPS) is 22.7. The molecule has 0 spiro atoms. The van der Waals surface area contributed by atoms with Gasteiger partial charge in [-0.1, -0.05) is 67.6 Å². The molecule has 3 atom stereocenters. The maximum absolute atomic E-state index is 12.1. The van der Waals surface area contributed by atoms with E-state index in [-0.39, 0.29) is 18.6 Å². The van der Waals surface area contributed by atoms with Crippen molar-refractivity contribution in [3.05, 3.63) is 71.8 Å². The first-order valence-electron chi connectivity index (χ1n) is 7.88. The zero-order valence-corrected chi connectivity index (χ0v) is 13.3. The number of cyclic esters (lactones) is 1. The Kier molecular flexibility index (Phi) is 4.79. The van der Waals surface area contributed by atoms with Crippen molar-refractivity contribution < 1.29 is 19.1 Å². The lowest BCUT2D eigenvalue weighted by atomic mass is 9.94. The minimum Gasteiger partial charge on any atom is -0.456 e. The molecule has 1 amide bonds. The van der Waals surface area contributed by atoms with Gasteiger partial charge in [-0.25, -0.2) is 9.59 Å². The van der Waals surface area contributed by atoms with Crippen LogP contribution in [0, 0.1) is 5.92 Å². The van der Waals surface area contributed by atoms with Crippen LogP contribution in [0.3, 0.4) is 0 Å². The molecule has 124 valence electrons. The second-order valence-corrected chi connectivity index (χ2v) is 5.81. The van der Waals surface area contributed by atoms with Crippen molar-refractivity contribution in [3.63, 3.8) is 0 Å². The summed E-state index contributed by atoms with van der Waals surface area (Å²) in [6.07, 6.45) is -0.987. The van der Waals surface area contributed by atoms with Crippen LogP contribution in [-0.2, 0) is 20.9 Å². The molecular formula is C19H19NO4. The van der Waals surface area contributed by atoms with Gasteiger partial charge >= 0.3 is 12.1 Å². The molecule has 0 aliphatic carbocycles. The quantitative estimate of drug-likeness (QED) is 0.877. The monoisotopic (exact) mass is 325 g/mol. The fraction of sp³-hybridized carbons (Fsp3) is 0.263. The van der Waals surface area contributed by atoms with Crippen molar-refractivity contribution in [3.8, 4) is 0 Å². The molecule has 24 heavy (non-hydrogen) atoms. The number of alkyl carbamates (subject to hydrolysis) is 1. The number of ether oxygens (including phenoxy) is 2. The van der Waals surface area contributed by atoms with E-state index in [2.05, 4.69) is 5.32 Å². The zero-order valence-electron chi connectivity index (χ0n) is 13.3. The summed E-state index contributed by atoms with van der Waals surface area (Å²) in [4.78, 5) is 24.1. The highest BCUT2D eigenvalue weighted by molar-refractivity contribution is 5.83. The van der Waals surface area contributed by atoms with Crippen LogP contribution in [0.2, 0.25) is 0 Å². The third-order valence-corrected chi connectivity index (χ3v) is 4.11. The van der Waals surface area contributed by atoms with Gasteiger partial charge in [0, 0.05) is 5.92 Å². The third kappa shape index (κ3) is 3.56. The summed E-state index contributed by atoms with van der Waals surface area (Å²) < 4.78 is 10.6. The first-order chi connectivity index (χ1) is 11.6. The highest BCUT2D eigenvalue weighted by Crippen LogP contribution is 2.35. The van der Waals surface area contributed by atoms with Crippen LogP contribution in [-0.4, -0.2) is 18.1 Å². The van der Waals surface area contributed by atoms with Crippen LogP contribution < -0.4 is 5.32 Å². The highest BCUT2D eigenvalue weighted by atomic mass is 16.6. The number of amides is 1. The zero-order chi connectivity index (χ0) is 16.9. The maximum atomic E-state index is 12.1. The Balaban J connectivity index is 1.58. The van der Waals surface area contributed by atoms with Crippen LogP contribution in [0.1, 0.15) is 24.2 Å². The number of carbonyl (C=O) groups is 2. The highest BCUT2D eigenvalue weighted by Gasteiger charge is 2.43. The van der Waals surface area contributed by atoms with Crippen molar-refractivity contribution in [1.82, 2.24) is 5.32 Å². The smallest absolute Gasteiger partial charge is 0.408 e. The molecule has 1 fully saturated rings. The molecule has 0 aromatic heterocycles. The summed E-state index contributed by atoms with van der Waals surface area (Å²) in [5.74, 6) is -0.614. The largest absolute Gasteiger partial charge is 0.456 e. The van der Waals surface area contributed by atoms with Gasteiger partial charge in [-0.15, -0.1) is 0 Å². The number of hydrogen-bond acceptors (Lipinski definition) is 4. The van der Waals surface area contributed by atoms with E-state index in [0.717, 1.165) is 11.1 Å². The van der Waals surface area contributed by atoms with E-state index in [1.165, 1.54) is 0 Å². The summed E-state index contributed by atoms with van der Waals surface area (Å²) in [5, 5.41) is 2.61. The van der Waals surface area contributed by atoms with Crippen molar-refractivity contribution >= 4 is 12.1 Å². The molecule has 0 radical (unpaired) electrons. The molecule has 2 aromatic carbocycles. The van der Waals surface area contributed by atoms with Crippen molar-refractivity contribution in [2.45, 2.75) is 25.7 Å². The number of hydrogen-bond donors (Lipinski definition) is 1. The summed E-state index contributed by atoms with van der Waals surface area (Å²) in [6, 6.07) is 18.2. The lowest BCUT2D eigenvalue weighted by molar-refractivity contribution is -0.143. The first kappa shape index (κ1) is 16.1. The van der Waals surface area contributed by atoms with Crippen LogP contribution in [0.5, 0.6) is 0 Å². The van der Waals surface area contributed by atoms with Gasteiger partial charge in [0.25, 0.3) is 0 Å². The van der Waals surface area contributed by atoms with Gasteiger partial charge in [-0.2, -0.15) is 0 Å². The van der Waals surface area contributed by atoms with Gasteiger partial charge in [-0.05, 0) is 11.1 Å². The SMILES string of the molecule is C[C@@H]1[C@H](NC(=O)OCc2ccccc2)C(=O)O[C@@H]1c1ccccc1. The second-order valence-electron chi connectivity index (χ2n) is 5.81. The summed E-state index contributed by atoms with van der Waals surface area (Å²) in [7, 11) is 0. The molecule has 1 saturated heterocycles. The number of esters is 1. The molecule has 0 saturated carbocycles. The van der Waals surface area contributed by atoms with Gasteiger partial charge in [-0.3, -0.25) is 0 Å². The molecular weight excluding hydrogens is 306 g/mol. The van der Waals surface area contributed by atoms with Crippen LogP contribution in [0.4, 0.5) is 4.79 Å². The maximum Gasteiger partial charge on any atom is 0.408 e. The molecule has 1 aliphatic rings. The predicted molar refractivity (Wildman–Crippen MR) is 88.0 cm³/mol. The summed E-state index contributed by atoms with van der Waals surface area (Å²) >= 11 is 0. The van der Waals surface area contributed by atoms with Crippen LogP contribution in [0.25, 0.3) is 0 Å². The van der Waals surface area contributed by atoms with Gasteiger partial charge in [0.15, 0.2) is 0 Å². The Morgan fingerprint density at radius 2 is 1.71 bits per heavy atom. The van der Waals surface area contributed by atoms with Gasteiger partial charge in [0.2, 0.25) is 0 Å². The van der Waals surface area contributed by atoms with E-state index in [0.29, 0.717) is 0 Å². The molecule has 0 bridgehead atoms. The molecule has 5 heteroatoms. The number of nitrogens with one attached hydrogen (secondary N) is 1. The average molecular weight is 325 g/mol. The van der Waals surface area contributed by atoms with E-state index < -0.39 is 18.1 Å². The summed E-state index contributed by atoms with van der Waals surface area (Å²) in [5.41, 5.74) is 1.80. The van der Waals surface area contributed by atoms with E-state index in [4.69, 9.17) is 9.47 Å². The van der Waals surface area contributed by atoms with Gasteiger partial charge in [0.1, 0.15) is 18.8 Å². The third-order valence-electron chi connectivity index (χ3n) is 4.11. The fourth-order valence-corrected chi connectivity index (χ4v) is 2.79. The second kappa shape index (κ2) is 7.17. The summed E-state index contributed by atoms with van der Waals surface area (Å²) in [6.45, 7) is 2.04. The fourth-order valence-electron chi connectivity index (χ4n) is 2.79. The predicted octanol–water partition coefficient (Wildman–Crippen LogP) is 3.22. The Hall–Kier alpha value is -2.82. The van der Waals surface area contributed by atoms with Crippen molar-refractivity contribution in [1.29, 1.82) is 0 Å². The minimum atomic E-state index is -0.710. The topological polar surface area (TPSA) is 64.6 Å². The molecule has 5 nitrogen and oxygen atoms in total. The molecule has 1 aliphatic heterocycles. The average Bonchev–Trinajstić information content (AvgIpc) is 2.90. The molecule has 1 N–H and O–H groups in total. The van der Waals surface area contributed by atoms with Crippen molar-refractivity contribution in [2.24, 2.45) is 5.92 Å². The number of benzene rings is 2. The van der Waals surface area contributed by atoms with E-state index >= 15 is 0 Å². The Labute approximate surface area is 140 Å². The van der Waals surface area contributed by atoms with Crippen LogP contribution in [0.15, 0.2) is 60.7 Å². The first-order valence-corrected chi connectivity index (χ1v) is 7.88. The van der Waals surface area contributed by atoms with E-state index in [1.54, 1.807) is 0 Å². The number of carbonyl (C=O) groups excluding carboxylic acids is 2. The lowest BCUT2D eigenvalue weighted by Gasteiger charge is -2.17. The van der Waals surface area contributed by atoms with Crippen LogP contribution >= 0.6 is 0 Å². The van der Waals surface area contributed by atoms with E-state index in [9.17, 15) is 9.59 Å². The Morgan fingerprint density at radius 1 is 1.08 bits per heavy atom. The molecule has 2 aromatic rings. The Morgan fingerprint density at radius 3 is 2.38 bits per heavy atom. The number of rotatable bonds is 4. The van der Waals surface area contributed by atoms with Gasteiger partial charge in [0.05, 0.1) is 0 Å².